The fourth-order valence-electron chi connectivity index (χ4n) is 6.32. The molecule has 226 valence electrons. The lowest BCUT2D eigenvalue weighted by Gasteiger charge is -2.43. The van der Waals surface area contributed by atoms with Gasteiger partial charge in [0.05, 0.1) is 36.3 Å². The Morgan fingerprint density at radius 2 is 1.55 bits per heavy atom. The number of benzene rings is 3. The normalized spacial score (nSPS) is 13.5. The lowest BCUT2D eigenvalue weighted by molar-refractivity contribution is 0.292. The average molecular weight is 628 g/mol. The topological polar surface area (TPSA) is 56.6 Å². The molecule has 1 aliphatic rings. The van der Waals surface area contributed by atoms with E-state index in [-0.39, 0.29) is 33.7 Å². The predicted octanol–water partition coefficient (Wildman–Crippen LogP) is 6.01. The molecule has 0 radical (unpaired) electrons. The van der Waals surface area contributed by atoms with Gasteiger partial charge in [-0.2, -0.15) is 4.98 Å². The first-order valence-electron chi connectivity index (χ1n) is 14.8. The summed E-state index contributed by atoms with van der Waals surface area (Å²) >= 11 is 6.25. The minimum Gasteiger partial charge on any atom is -0.475 e. The summed E-state index contributed by atoms with van der Waals surface area (Å²) in [7, 11) is -2.77. The van der Waals surface area contributed by atoms with Gasteiger partial charge in [0, 0.05) is 12.6 Å². The second-order valence-corrected chi connectivity index (χ2v) is 16.7. The van der Waals surface area contributed by atoms with E-state index >= 15 is 4.39 Å². The molecule has 0 N–H and O–H groups in total. The number of pyridine rings is 2. The summed E-state index contributed by atoms with van der Waals surface area (Å²) < 4.78 is 30.4. The Balaban J connectivity index is 1.41. The van der Waals surface area contributed by atoms with Gasteiger partial charge in [0.25, 0.3) is 13.9 Å². The number of nitrogens with zero attached hydrogens (tertiary/aromatic N) is 3. The molecule has 6 nitrogen and oxygen atoms in total. The molecule has 3 heterocycles. The quantitative estimate of drug-likeness (QED) is 0.156. The van der Waals surface area contributed by atoms with Crippen LogP contribution in [-0.4, -0.2) is 44.2 Å². The molecule has 0 fully saturated rings. The molecule has 2 aromatic heterocycles. The zero-order chi connectivity index (χ0) is 30.9. The lowest BCUT2D eigenvalue weighted by Crippen LogP contribution is -2.67. The molecule has 0 unspecified atom stereocenters. The van der Waals surface area contributed by atoms with E-state index in [4.69, 9.17) is 20.8 Å². The van der Waals surface area contributed by atoms with Crippen LogP contribution in [-0.2, 0) is 11.0 Å². The first kappa shape index (κ1) is 30.1. The van der Waals surface area contributed by atoms with Gasteiger partial charge in [-0.05, 0) is 21.0 Å². The third kappa shape index (κ3) is 5.42. The second-order valence-electron chi connectivity index (χ2n) is 12.0. The molecule has 0 amide bonds. The zero-order valence-electron chi connectivity index (χ0n) is 25.1. The van der Waals surface area contributed by atoms with Crippen molar-refractivity contribution in [2.24, 2.45) is 0 Å². The molecule has 0 aliphatic carbocycles. The third-order valence-electron chi connectivity index (χ3n) is 8.31. The highest BCUT2D eigenvalue weighted by Crippen LogP contribution is 2.39. The lowest BCUT2D eigenvalue weighted by atomic mass is 10.1. The largest absolute Gasteiger partial charge is 0.475 e. The number of hydrogen-bond donors (Lipinski definition) is 0. The van der Waals surface area contributed by atoms with E-state index < -0.39 is 14.1 Å². The van der Waals surface area contributed by atoms with Crippen molar-refractivity contribution >= 4 is 46.9 Å². The fourth-order valence-corrected chi connectivity index (χ4v) is 11.0. The summed E-state index contributed by atoms with van der Waals surface area (Å²) in [5.74, 6) is -0.520. The van der Waals surface area contributed by atoms with Gasteiger partial charge in [0.2, 0.25) is 5.88 Å². The molecule has 6 rings (SSSR count). The highest BCUT2D eigenvalue weighted by molar-refractivity contribution is 6.99. The minimum atomic E-state index is -2.77. The molecular weight excluding hydrogens is 593 g/mol. The molecule has 44 heavy (non-hydrogen) atoms. The first-order chi connectivity index (χ1) is 21.2. The van der Waals surface area contributed by atoms with E-state index in [0.29, 0.717) is 37.4 Å². The fraction of sp³-hybridized carbons (Fsp3) is 0.257. The highest BCUT2D eigenvalue weighted by atomic mass is 35.5. The van der Waals surface area contributed by atoms with E-state index in [0.717, 1.165) is 5.56 Å². The Bertz CT molecular complexity index is 1790. The van der Waals surface area contributed by atoms with Crippen LogP contribution in [0.15, 0.2) is 102 Å². The molecular formula is C35H35ClFN3O3Si. The van der Waals surface area contributed by atoms with E-state index in [1.807, 2.05) is 47.4 Å². The summed E-state index contributed by atoms with van der Waals surface area (Å²) in [6.07, 6.45) is 0. The SMILES string of the molecule is CC(C)(C)[Si](OCCN1CCOc2nc(Cl)c(F)c3c2c1cc(=O)n3Cc1ccccc1)(c1ccccc1)c1ccccc1. The maximum atomic E-state index is 15.8. The summed E-state index contributed by atoms with van der Waals surface area (Å²) in [5, 5.41) is 2.31. The van der Waals surface area contributed by atoms with Gasteiger partial charge >= 0.3 is 0 Å². The highest BCUT2D eigenvalue weighted by Gasteiger charge is 2.50. The van der Waals surface area contributed by atoms with Gasteiger partial charge in [-0.25, -0.2) is 4.39 Å². The monoisotopic (exact) mass is 627 g/mol. The minimum absolute atomic E-state index is 0.0890. The molecule has 0 bridgehead atoms. The number of ether oxygens (including phenoxy) is 1. The Hall–Kier alpha value is -3.98. The first-order valence-corrected chi connectivity index (χ1v) is 17.1. The Morgan fingerprint density at radius 3 is 2.14 bits per heavy atom. The molecule has 0 spiro atoms. The van der Waals surface area contributed by atoms with Crippen LogP contribution in [0.3, 0.4) is 0 Å². The van der Waals surface area contributed by atoms with Crippen molar-refractivity contribution in [2.75, 3.05) is 31.2 Å². The molecule has 1 aliphatic heterocycles. The number of hydrogen-bond acceptors (Lipinski definition) is 5. The van der Waals surface area contributed by atoms with Gasteiger partial charge in [-0.1, -0.05) is 123 Å². The van der Waals surface area contributed by atoms with E-state index in [9.17, 15) is 4.79 Å². The number of anilines is 1. The van der Waals surface area contributed by atoms with Crippen LogP contribution >= 0.6 is 11.6 Å². The van der Waals surface area contributed by atoms with Crippen molar-refractivity contribution in [3.05, 3.63) is 124 Å². The number of halogens is 2. The van der Waals surface area contributed by atoms with Crippen molar-refractivity contribution in [3.8, 4) is 5.88 Å². The third-order valence-corrected chi connectivity index (χ3v) is 13.6. The summed E-state index contributed by atoms with van der Waals surface area (Å²) in [6, 6.07) is 32.0. The van der Waals surface area contributed by atoms with Crippen molar-refractivity contribution in [2.45, 2.75) is 32.4 Å². The van der Waals surface area contributed by atoms with Gasteiger partial charge in [0.15, 0.2) is 11.0 Å². The van der Waals surface area contributed by atoms with E-state index in [1.165, 1.54) is 14.9 Å². The number of aromatic nitrogens is 2. The van der Waals surface area contributed by atoms with E-state index in [1.54, 1.807) is 6.07 Å². The van der Waals surface area contributed by atoms with Gasteiger partial charge in [-0.15, -0.1) is 0 Å². The van der Waals surface area contributed by atoms with Gasteiger partial charge < -0.3 is 18.6 Å². The van der Waals surface area contributed by atoms with Crippen LogP contribution in [0.4, 0.5) is 10.1 Å². The Labute approximate surface area is 262 Å². The Morgan fingerprint density at radius 1 is 0.955 bits per heavy atom. The molecule has 0 saturated carbocycles. The zero-order valence-corrected chi connectivity index (χ0v) is 26.9. The summed E-state index contributed by atoms with van der Waals surface area (Å²) in [5.41, 5.74) is 1.19. The maximum absolute atomic E-state index is 15.8. The van der Waals surface area contributed by atoms with E-state index in [2.05, 4.69) is 74.3 Å². The van der Waals surface area contributed by atoms with Crippen molar-refractivity contribution in [3.63, 3.8) is 0 Å². The average Bonchev–Trinajstić information content (AvgIpc) is 3.18. The maximum Gasteiger partial charge on any atom is 0.261 e. The van der Waals surface area contributed by atoms with Crippen LogP contribution in [0.5, 0.6) is 5.88 Å². The van der Waals surface area contributed by atoms with Crippen molar-refractivity contribution < 1.29 is 13.6 Å². The van der Waals surface area contributed by atoms with Crippen LogP contribution in [0, 0.1) is 5.82 Å². The smallest absolute Gasteiger partial charge is 0.261 e. The molecule has 0 atom stereocenters. The second kappa shape index (κ2) is 12.2. The van der Waals surface area contributed by atoms with Crippen LogP contribution in [0.2, 0.25) is 10.2 Å². The summed E-state index contributed by atoms with van der Waals surface area (Å²) in [4.78, 5) is 19.9. The van der Waals surface area contributed by atoms with Crippen molar-refractivity contribution in [1.29, 1.82) is 0 Å². The standard InChI is InChI=1S/C35H35ClFN3O3Si/c1-35(2,3)44(26-15-9-5-10-16-26,27-17-11-6-12-18-27)43-22-20-39-19-21-42-34-30-28(39)23-29(41)40(24-25-13-7-4-8-14-25)32(30)31(37)33(36)38-34/h4-18,23H,19-22,24H2,1-3H3. The van der Waals surface area contributed by atoms with Gasteiger partial charge in [-0.3, -0.25) is 4.79 Å². The summed E-state index contributed by atoms with van der Waals surface area (Å²) in [6.45, 7) is 8.53. The van der Waals surface area contributed by atoms with Crippen LogP contribution < -0.4 is 25.6 Å². The molecule has 9 heteroatoms. The Kier molecular flexibility index (Phi) is 8.33. The number of rotatable bonds is 8. The molecule has 0 saturated heterocycles. The molecule has 5 aromatic rings. The predicted molar refractivity (Wildman–Crippen MR) is 178 cm³/mol. The van der Waals surface area contributed by atoms with Gasteiger partial charge in [0.1, 0.15) is 6.61 Å². The van der Waals surface area contributed by atoms with Crippen molar-refractivity contribution in [1.82, 2.24) is 9.55 Å². The molecule has 3 aromatic carbocycles. The van der Waals surface area contributed by atoms with Crippen LogP contribution in [0.25, 0.3) is 10.9 Å². The van der Waals surface area contributed by atoms with Crippen LogP contribution in [0.1, 0.15) is 26.3 Å².